The van der Waals surface area contributed by atoms with Gasteiger partial charge in [-0.2, -0.15) is 13.2 Å². The Kier molecular flexibility index (Phi) is 13.1. The van der Waals surface area contributed by atoms with Crippen LogP contribution in [0.3, 0.4) is 0 Å². The van der Waals surface area contributed by atoms with E-state index in [1.807, 2.05) is 0 Å². The monoisotopic (exact) mass is 428 g/mol. The average molecular weight is 428 g/mol. The first kappa shape index (κ1) is 28.6. The molecule has 0 bridgehead atoms. The lowest BCUT2D eigenvalue weighted by Gasteiger charge is -2.29. The van der Waals surface area contributed by atoms with E-state index in [2.05, 4.69) is 22.3 Å². The molecule has 0 aliphatic carbocycles. The Hall–Kier alpha value is -1.59. The number of hydrogen-bond acceptors (Lipinski definition) is 2. The molecule has 0 spiro atoms. The van der Waals surface area contributed by atoms with E-state index in [9.17, 15) is 39.5 Å². The van der Waals surface area contributed by atoms with Gasteiger partial charge < -0.3 is 9.47 Å². The van der Waals surface area contributed by atoms with Crippen LogP contribution in [0.2, 0.25) is 0 Å². The molecule has 0 saturated carbocycles. The molecule has 0 aromatic carbocycles. The summed E-state index contributed by atoms with van der Waals surface area (Å²) in [5, 5.41) is 0. The Morgan fingerprint density at radius 3 is 1.50 bits per heavy atom. The summed E-state index contributed by atoms with van der Waals surface area (Å²) >= 11 is 0. The van der Waals surface area contributed by atoms with Crippen LogP contribution in [0.4, 0.5) is 39.5 Å². The van der Waals surface area contributed by atoms with Gasteiger partial charge in [0.05, 0.1) is 0 Å². The summed E-state index contributed by atoms with van der Waals surface area (Å²) in [5.74, 6) is 2.34. The molecule has 0 heterocycles. The van der Waals surface area contributed by atoms with Crippen molar-refractivity contribution in [3.63, 3.8) is 0 Å². The quantitative estimate of drug-likeness (QED) is 0.267. The summed E-state index contributed by atoms with van der Waals surface area (Å²) in [6.07, 6.45) is -5.47. The van der Waals surface area contributed by atoms with E-state index in [-0.39, 0.29) is 13.0 Å². The van der Waals surface area contributed by atoms with Gasteiger partial charge in [-0.3, -0.25) is 0 Å². The third-order valence-corrected chi connectivity index (χ3v) is 3.19. The van der Waals surface area contributed by atoms with Crippen molar-refractivity contribution >= 4 is 0 Å². The molecule has 28 heavy (non-hydrogen) atoms. The van der Waals surface area contributed by atoms with Crippen molar-refractivity contribution in [2.45, 2.75) is 69.8 Å². The molecule has 0 aliphatic heterocycles. The maximum absolute atomic E-state index is 12.3. The molecule has 0 saturated heterocycles. The van der Waals surface area contributed by atoms with Crippen LogP contribution in [-0.4, -0.2) is 49.9 Å². The number of rotatable bonds is 10. The first-order valence-corrected chi connectivity index (χ1v) is 7.97. The predicted molar refractivity (Wildman–Crippen MR) is 84.3 cm³/mol. The highest BCUT2D eigenvalue weighted by Crippen LogP contribution is 2.38. The number of unbranched alkanes of at least 4 members (excludes halogenated alkanes) is 1. The van der Waals surface area contributed by atoms with Crippen LogP contribution in [0.1, 0.15) is 33.1 Å². The molecule has 0 aromatic heterocycles. The lowest BCUT2D eigenvalue weighted by molar-refractivity contribution is -0.288. The third kappa shape index (κ3) is 7.44. The van der Waals surface area contributed by atoms with Crippen LogP contribution < -0.4 is 0 Å². The van der Waals surface area contributed by atoms with Crippen molar-refractivity contribution in [1.29, 1.82) is 0 Å². The number of ether oxygens (including phenoxy) is 2. The molecule has 0 rings (SSSR count). The molecule has 11 heteroatoms. The molecule has 0 radical (unpaired) electrons. The maximum Gasteiger partial charge on any atom is 0.434 e. The fourth-order valence-corrected chi connectivity index (χ4v) is 1.49. The Labute approximate surface area is 157 Å². The molecule has 2 nitrogen and oxygen atoms in total. The number of halogens is 9. The fourth-order valence-electron chi connectivity index (χ4n) is 1.49. The van der Waals surface area contributed by atoms with E-state index < -0.39 is 43.3 Å². The summed E-state index contributed by atoms with van der Waals surface area (Å²) in [6, 6.07) is 0. The average Bonchev–Trinajstić information content (AvgIpc) is 2.58. The van der Waals surface area contributed by atoms with Crippen molar-refractivity contribution in [2.75, 3.05) is 13.2 Å². The standard InChI is InChI=1S/C9H12F4O.C8H9F5O/c1-3-5-6-14-9(4-2,7(10)11)8(12)13;1-3-5-14-7(4-2,6(9)10)8(11,12)13/h2,7-8H,3,5-6H2,1H3;2,6H,3,5H2,1H3. The van der Waals surface area contributed by atoms with Gasteiger partial charge >= 0.3 is 6.18 Å². The van der Waals surface area contributed by atoms with Crippen LogP contribution in [0.25, 0.3) is 0 Å². The second kappa shape index (κ2) is 12.8. The molecule has 0 amide bonds. The maximum atomic E-state index is 12.3. The second-order valence-corrected chi connectivity index (χ2v) is 5.27. The zero-order chi connectivity index (χ0) is 22.6. The smallest absolute Gasteiger partial charge is 0.352 e. The van der Waals surface area contributed by atoms with Crippen molar-refractivity contribution < 1.29 is 49.0 Å². The predicted octanol–water partition coefficient (Wildman–Crippen LogP) is 5.32. The zero-order valence-corrected chi connectivity index (χ0v) is 15.1. The molecule has 164 valence electrons. The van der Waals surface area contributed by atoms with Gasteiger partial charge in [0.25, 0.3) is 24.9 Å². The Morgan fingerprint density at radius 1 is 0.750 bits per heavy atom. The Bertz CT molecular complexity index is 498. The van der Waals surface area contributed by atoms with Crippen LogP contribution in [0, 0.1) is 24.7 Å². The van der Waals surface area contributed by atoms with E-state index >= 15 is 0 Å². The van der Waals surface area contributed by atoms with Crippen LogP contribution in [-0.2, 0) is 9.47 Å². The molecular weight excluding hydrogens is 407 g/mol. The summed E-state index contributed by atoms with van der Waals surface area (Å²) in [6.45, 7) is 2.62. The summed E-state index contributed by atoms with van der Waals surface area (Å²) < 4.78 is 119. The molecule has 0 N–H and O–H groups in total. The SMILES string of the molecule is C#CC(OCCC)(C(F)F)C(F)(F)F.C#CC(OCCCC)(C(F)F)C(F)F. The van der Waals surface area contributed by atoms with Gasteiger partial charge in [-0.05, 0) is 12.8 Å². The zero-order valence-electron chi connectivity index (χ0n) is 15.1. The van der Waals surface area contributed by atoms with Crippen molar-refractivity contribution in [1.82, 2.24) is 0 Å². The van der Waals surface area contributed by atoms with Crippen LogP contribution in [0.15, 0.2) is 0 Å². The largest absolute Gasteiger partial charge is 0.434 e. The van der Waals surface area contributed by atoms with Gasteiger partial charge in [-0.1, -0.05) is 32.1 Å². The highest BCUT2D eigenvalue weighted by Gasteiger charge is 2.62. The van der Waals surface area contributed by atoms with Gasteiger partial charge in [0.15, 0.2) is 0 Å². The van der Waals surface area contributed by atoms with E-state index in [0.29, 0.717) is 12.8 Å². The minimum absolute atomic E-state index is 0.173. The summed E-state index contributed by atoms with van der Waals surface area (Å²) in [7, 11) is 0. The van der Waals surface area contributed by atoms with E-state index in [0.717, 1.165) is 5.92 Å². The lowest BCUT2D eigenvalue weighted by Crippen LogP contribution is -2.52. The summed E-state index contributed by atoms with van der Waals surface area (Å²) in [4.78, 5) is 0. The minimum Gasteiger partial charge on any atom is -0.352 e. The Morgan fingerprint density at radius 2 is 1.25 bits per heavy atom. The fraction of sp³-hybridized carbons (Fsp3) is 0.765. The number of terminal acetylenes is 2. The molecule has 0 fully saturated rings. The van der Waals surface area contributed by atoms with Crippen molar-refractivity contribution in [3.8, 4) is 24.7 Å². The minimum atomic E-state index is -5.27. The molecule has 1 unspecified atom stereocenters. The lowest BCUT2D eigenvalue weighted by atomic mass is 10.1. The van der Waals surface area contributed by atoms with Gasteiger partial charge in [0.2, 0.25) is 5.60 Å². The van der Waals surface area contributed by atoms with Gasteiger partial charge in [0, 0.05) is 13.2 Å². The highest BCUT2D eigenvalue weighted by molar-refractivity contribution is 5.15. The van der Waals surface area contributed by atoms with Crippen LogP contribution >= 0.6 is 0 Å². The first-order chi connectivity index (χ1) is 12.8. The van der Waals surface area contributed by atoms with Crippen molar-refractivity contribution in [2.24, 2.45) is 0 Å². The molecule has 1 atom stereocenters. The normalized spacial score (nSPS) is 14.3. The molecule has 0 aromatic rings. The molecular formula is C17H21F9O2. The number of alkyl halides is 9. The number of hydrogen-bond donors (Lipinski definition) is 0. The van der Waals surface area contributed by atoms with Crippen molar-refractivity contribution in [3.05, 3.63) is 0 Å². The highest BCUT2D eigenvalue weighted by atomic mass is 19.4. The second-order valence-electron chi connectivity index (χ2n) is 5.27. The summed E-state index contributed by atoms with van der Waals surface area (Å²) in [5.41, 5.74) is -6.82. The first-order valence-electron chi connectivity index (χ1n) is 7.97. The molecule has 0 aliphatic rings. The van der Waals surface area contributed by atoms with E-state index in [1.54, 1.807) is 6.92 Å². The van der Waals surface area contributed by atoms with Gasteiger partial charge in [-0.25, -0.2) is 26.3 Å². The Balaban J connectivity index is 0. The van der Waals surface area contributed by atoms with Crippen LogP contribution in [0.5, 0.6) is 0 Å². The van der Waals surface area contributed by atoms with E-state index in [4.69, 9.17) is 0 Å². The van der Waals surface area contributed by atoms with Gasteiger partial charge in [0.1, 0.15) is 0 Å². The van der Waals surface area contributed by atoms with E-state index in [1.165, 1.54) is 12.8 Å². The van der Waals surface area contributed by atoms with Gasteiger partial charge in [-0.15, -0.1) is 12.8 Å². The topological polar surface area (TPSA) is 18.5 Å². The third-order valence-electron chi connectivity index (χ3n) is 3.19.